The second-order valence-corrected chi connectivity index (χ2v) is 16.2. The fraction of sp³-hybridized carbons (Fsp3) is 0.185. The van der Waals surface area contributed by atoms with Crippen LogP contribution in [0.25, 0.3) is 66.1 Å². The van der Waals surface area contributed by atoms with Crippen LogP contribution in [0.1, 0.15) is 63.8 Å². The average Bonchev–Trinajstić information content (AvgIpc) is 3.74. The molecule has 8 aromatic rings. The van der Waals surface area contributed by atoms with Crippen LogP contribution >= 0.6 is 24.8 Å². The molecule has 0 nitrogen and oxygen atoms in total. The van der Waals surface area contributed by atoms with Gasteiger partial charge in [0, 0.05) is 0 Å². The zero-order chi connectivity index (χ0) is 38.6. The Bertz CT molecular complexity index is 2310. The van der Waals surface area contributed by atoms with Crippen LogP contribution < -0.4 is 0 Å². The van der Waals surface area contributed by atoms with Gasteiger partial charge in [-0.2, -0.15) is 11.1 Å². The second-order valence-electron chi connectivity index (χ2n) is 16.2. The summed E-state index contributed by atoms with van der Waals surface area (Å²) in [6.45, 7) is 21.5. The van der Waals surface area contributed by atoms with Crippen LogP contribution in [0.3, 0.4) is 0 Å². The molecule has 0 bridgehead atoms. The molecular weight excluding hydrogens is 839 g/mol. The molecule has 0 N–H and O–H groups in total. The zero-order valence-corrected chi connectivity index (χ0v) is 40.9. The predicted molar refractivity (Wildman–Crippen MR) is 261 cm³/mol. The van der Waals surface area contributed by atoms with Gasteiger partial charge in [-0.05, 0) is 22.0 Å². The van der Waals surface area contributed by atoms with Gasteiger partial charge in [-0.25, -0.2) is 0 Å². The van der Waals surface area contributed by atoms with E-state index in [1.54, 1.807) is 0 Å². The van der Waals surface area contributed by atoms with Gasteiger partial charge in [0.25, 0.3) is 0 Å². The molecular formula is C54H58Cl2SiZr-4. The van der Waals surface area contributed by atoms with Crippen molar-refractivity contribution < 1.29 is 23.3 Å². The minimum atomic E-state index is 0. The van der Waals surface area contributed by atoms with Gasteiger partial charge >= 0.3 is 30.2 Å². The third kappa shape index (κ3) is 10.5. The molecule has 8 rings (SSSR count). The predicted octanol–water partition coefficient (Wildman–Crippen LogP) is 16.4. The van der Waals surface area contributed by atoms with Crippen LogP contribution in [0.2, 0.25) is 0 Å². The van der Waals surface area contributed by atoms with Crippen molar-refractivity contribution in [3.8, 4) is 44.5 Å². The fourth-order valence-electron chi connectivity index (χ4n) is 8.13. The monoisotopic (exact) mass is 894 g/mol. The first-order chi connectivity index (χ1) is 25.9. The van der Waals surface area contributed by atoms with E-state index in [0.29, 0.717) is 0 Å². The molecule has 4 heteroatoms. The Morgan fingerprint density at radius 1 is 0.379 bits per heavy atom. The van der Waals surface area contributed by atoms with Crippen molar-refractivity contribution in [2.75, 3.05) is 0 Å². The molecule has 0 aliphatic heterocycles. The van der Waals surface area contributed by atoms with Crippen molar-refractivity contribution in [1.29, 1.82) is 0 Å². The van der Waals surface area contributed by atoms with Gasteiger partial charge < -0.3 is 14.9 Å². The molecule has 58 heavy (non-hydrogen) atoms. The van der Waals surface area contributed by atoms with Crippen LogP contribution in [-0.2, 0) is 34.2 Å². The van der Waals surface area contributed by atoms with Crippen molar-refractivity contribution in [3.63, 3.8) is 0 Å². The molecule has 0 aromatic heterocycles. The quantitative estimate of drug-likeness (QED) is 0.122. The van der Waals surface area contributed by atoms with Crippen molar-refractivity contribution in [2.45, 2.75) is 66.2 Å². The molecule has 8 aromatic carbocycles. The third-order valence-corrected chi connectivity index (χ3v) is 10.6. The van der Waals surface area contributed by atoms with Crippen molar-refractivity contribution in [2.24, 2.45) is 0 Å². The number of halogens is 2. The SMILES string of the molecule is Cc1c(C(C)(C)C)[cH-]c2c(-c3ccccc3)ccc(-c3ccccc3)c12.Cc1c(C(C)(C)C)[cH-]c2c(-c3ccccc3)ccc(-c3ccccc3)c12.Cl.Cl.[CH3-].[CH3-].[Si]=[Zr]. The van der Waals surface area contributed by atoms with Gasteiger partial charge in [0.2, 0.25) is 0 Å². The van der Waals surface area contributed by atoms with E-state index in [9.17, 15) is 0 Å². The Morgan fingerprint density at radius 3 is 0.845 bits per heavy atom. The van der Waals surface area contributed by atoms with E-state index in [2.05, 4.69) is 220 Å². The third-order valence-electron chi connectivity index (χ3n) is 10.6. The van der Waals surface area contributed by atoms with E-state index in [1.165, 1.54) is 112 Å². The van der Waals surface area contributed by atoms with E-state index in [4.69, 9.17) is 0 Å². The molecule has 0 atom stereocenters. The summed E-state index contributed by atoms with van der Waals surface area (Å²) in [5.41, 5.74) is 16.4. The molecule has 0 aliphatic rings. The number of benzene rings is 6. The Morgan fingerprint density at radius 2 is 0.603 bits per heavy atom. The molecule has 0 amide bonds. The molecule has 0 saturated heterocycles. The van der Waals surface area contributed by atoms with Crippen molar-refractivity contribution in [3.05, 3.63) is 195 Å². The molecule has 0 aliphatic carbocycles. The van der Waals surface area contributed by atoms with E-state index in [1.807, 2.05) is 0 Å². The van der Waals surface area contributed by atoms with E-state index < -0.39 is 0 Å². The zero-order valence-electron chi connectivity index (χ0n) is 35.8. The van der Waals surface area contributed by atoms with Gasteiger partial charge in [0.1, 0.15) is 0 Å². The van der Waals surface area contributed by atoms with Gasteiger partial charge in [-0.15, -0.1) is 69.6 Å². The van der Waals surface area contributed by atoms with Crippen molar-refractivity contribution in [1.82, 2.24) is 0 Å². The normalized spacial score (nSPS) is 10.7. The Kier molecular flexibility index (Phi) is 18.6. The summed E-state index contributed by atoms with van der Waals surface area (Å²) in [5, 5.41) is 5.50. The first kappa shape index (κ1) is 50.4. The standard InChI is InChI=1S/2C26H25.2CH3.2ClH.Si.Zr/c2*1-18-24(26(2,3)4)17-23-21(19-11-7-5-8-12-19)15-16-22(25(18)23)20-13-9-6-10-14-20;;;;;;/h2*5-17H,1-4H3;2*1H3;2*1H;;/q4*-1;;;;. The maximum atomic E-state index is 3.06. The fourth-order valence-corrected chi connectivity index (χ4v) is 8.13. The van der Waals surface area contributed by atoms with Crippen LogP contribution in [0.15, 0.2) is 158 Å². The Balaban J connectivity index is 0.000000360. The van der Waals surface area contributed by atoms with Crippen LogP contribution in [0.4, 0.5) is 0 Å². The van der Waals surface area contributed by atoms with Gasteiger partial charge in [-0.1, -0.05) is 234 Å². The van der Waals surface area contributed by atoms with Crippen LogP contribution in [0.5, 0.6) is 0 Å². The maximum absolute atomic E-state index is 3.06. The van der Waals surface area contributed by atoms with Crippen LogP contribution in [-0.4, -0.2) is 6.88 Å². The average molecular weight is 897 g/mol. The van der Waals surface area contributed by atoms with Crippen molar-refractivity contribution >= 4 is 53.2 Å². The summed E-state index contributed by atoms with van der Waals surface area (Å²) in [6, 6.07) is 56.9. The van der Waals surface area contributed by atoms with Crippen LogP contribution in [0, 0.1) is 28.7 Å². The summed E-state index contributed by atoms with van der Waals surface area (Å²) in [4.78, 5) is 0. The first-order valence-corrected chi connectivity index (χ1v) is 23.1. The van der Waals surface area contributed by atoms with Gasteiger partial charge in [0.15, 0.2) is 0 Å². The number of aryl methyl sites for hydroxylation is 2. The Hall–Kier alpha value is -3.78. The topological polar surface area (TPSA) is 0 Å². The number of hydrogen-bond acceptors (Lipinski definition) is 0. The second kappa shape index (κ2) is 21.5. The molecule has 2 radical (unpaired) electrons. The number of fused-ring (bicyclic) bond motifs is 2. The summed E-state index contributed by atoms with van der Waals surface area (Å²) >= 11 is 1.36. The number of hydrogen-bond donors (Lipinski definition) is 0. The molecule has 0 saturated carbocycles. The summed E-state index contributed by atoms with van der Waals surface area (Å²) in [5.74, 6) is 0. The molecule has 0 unspecified atom stereocenters. The summed E-state index contributed by atoms with van der Waals surface area (Å²) in [6.07, 6.45) is 0. The van der Waals surface area contributed by atoms with E-state index >= 15 is 0 Å². The van der Waals surface area contributed by atoms with E-state index in [0.717, 1.165) is 0 Å². The Labute approximate surface area is 379 Å². The molecule has 0 fully saturated rings. The summed E-state index contributed by atoms with van der Waals surface area (Å²) < 4.78 is 0. The van der Waals surface area contributed by atoms with Gasteiger partial charge in [0.05, 0.1) is 0 Å². The molecule has 300 valence electrons. The number of rotatable bonds is 4. The first-order valence-electron chi connectivity index (χ1n) is 18.9. The minimum absolute atomic E-state index is 0. The molecule has 0 heterocycles. The summed E-state index contributed by atoms with van der Waals surface area (Å²) in [7, 11) is 0. The van der Waals surface area contributed by atoms with E-state index in [-0.39, 0.29) is 50.5 Å². The van der Waals surface area contributed by atoms with Gasteiger partial charge in [-0.3, -0.25) is 0 Å². The molecule has 0 spiro atoms.